The van der Waals surface area contributed by atoms with Gasteiger partial charge in [-0.05, 0) is 24.1 Å². The third-order valence-electron chi connectivity index (χ3n) is 3.91. The monoisotopic (exact) mass is 395 g/mol. The van der Waals surface area contributed by atoms with E-state index < -0.39 is 15.9 Å². The van der Waals surface area contributed by atoms with E-state index >= 15 is 0 Å². The van der Waals surface area contributed by atoms with E-state index in [-0.39, 0.29) is 12.3 Å². The minimum absolute atomic E-state index is 0.171. The predicted molar refractivity (Wildman–Crippen MR) is 102 cm³/mol. The van der Waals surface area contributed by atoms with E-state index in [1.807, 2.05) is 41.3 Å². The van der Waals surface area contributed by atoms with E-state index in [2.05, 4.69) is 0 Å². The molecule has 2 aliphatic rings. The highest BCUT2D eigenvalue weighted by Gasteiger charge is 2.34. The number of carbonyl (C=O) groups is 1. The van der Waals surface area contributed by atoms with Crippen molar-refractivity contribution in [2.45, 2.75) is 6.42 Å². The predicted octanol–water partition coefficient (Wildman–Crippen LogP) is 2.16. The minimum Gasteiger partial charge on any atom is -0.748 e. The fourth-order valence-corrected chi connectivity index (χ4v) is 4.41. The fourth-order valence-electron chi connectivity index (χ4n) is 2.70. The quantitative estimate of drug-likeness (QED) is 0.439. The third kappa shape index (κ3) is 3.79. The molecule has 2 aliphatic heterocycles. The lowest BCUT2D eigenvalue weighted by Gasteiger charge is -2.31. The number of amides is 1. The van der Waals surface area contributed by atoms with Gasteiger partial charge < -0.3 is 9.45 Å². The summed E-state index contributed by atoms with van der Waals surface area (Å²) in [6.45, 7) is 0.311. The second-order valence-corrected chi connectivity index (χ2v) is 8.77. The zero-order valence-corrected chi connectivity index (χ0v) is 15.8. The van der Waals surface area contributed by atoms with Gasteiger partial charge in [0, 0.05) is 25.0 Å². The largest absolute Gasteiger partial charge is 0.748 e. The van der Waals surface area contributed by atoms with Crippen molar-refractivity contribution >= 4 is 56.1 Å². The highest BCUT2D eigenvalue weighted by molar-refractivity contribution is 8.26. The molecule has 1 saturated heterocycles. The number of hydrogen-bond donors (Lipinski definition) is 0. The molecule has 1 aromatic rings. The molecule has 9 heteroatoms. The number of likely N-dealkylation sites (N-methyl/N-ethyl adjacent to an activating group) is 1. The smallest absolute Gasteiger partial charge is 0.268 e. The van der Waals surface area contributed by atoms with Crippen LogP contribution in [0.4, 0.5) is 5.69 Å². The van der Waals surface area contributed by atoms with Gasteiger partial charge in [-0.25, -0.2) is 8.42 Å². The van der Waals surface area contributed by atoms with Crippen molar-refractivity contribution < 1.29 is 17.8 Å². The normalized spacial score (nSPS) is 20.4. The molecule has 25 heavy (non-hydrogen) atoms. The second kappa shape index (κ2) is 6.91. The lowest BCUT2D eigenvalue weighted by atomic mass is 10.1. The molecule has 1 fully saturated rings. The van der Waals surface area contributed by atoms with Crippen molar-refractivity contribution in [2.75, 3.05) is 24.2 Å². The molecule has 1 amide bonds. The fraction of sp³-hybridized carbons (Fsp3) is 0.250. The van der Waals surface area contributed by atoms with Crippen molar-refractivity contribution in [3.05, 3.63) is 46.5 Å². The van der Waals surface area contributed by atoms with Crippen LogP contribution < -0.4 is 4.90 Å². The van der Waals surface area contributed by atoms with Crippen LogP contribution in [0.2, 0.25) is 0 Å². The molecule has 0 spiro atoms. The highest BCUT2D eigenvalue weighted by atomic mass is 32.2. The van der Waals surface area contributed by atoms with E-state index in [1.165, 1.54) is 16.7 Å². The molecule has 0 radical (unpaired) electrons. The molecule has 1 aromatic carbocycles. The number of para-hydroxylation sites is 1. The topological polar surface area (TPSA) is 80.8 Å². The molecular formula is C16H15N2O4S3-. The number of nitrogens with zero attached hydrogens (tertiary/aromatic N) is 2. The molecule has 0 aliphatic carbocycles. The molecule has 0 atom stereocenters. The lowest BCUT2D eigenvalue weighted by molar-refractivity contribution is -0.121. The molecule has 0 unspecified atom stereocenters. The van der Waals surface area contributed by atoms with Crippen LogP contribution in [0, 0.1) is 0 Å². The van der Waals surface area contributed by atoms with Gasteiger partial charge in [-0.1, -0.05) is 48.3 Å². The Morgan fingerprint density at radius 3 is 2.60 bits per heavy atom. The minimum atomic E-state index is -4.28. The Hall–Kier alpha value is -1.68. The van der Waals surface area contributed by atoms with Crippen LogP contribution in [-0.2, 0) is 14.9 Å². The number of anilines is 1. The number of benzene rings is 1. The second-order valence-electron chi connectivity index (χ2n) is 5.61. The van der Waals surface area contributed by atoms with Gasteiger partial charge in [0.25, 0.3) is 5.91 Å². The van der Waals surface area contributed by atoms with E-state index in [0.717, 1.165) is 11.3 Å². The van der Waals surface area contributed by atoms with Crippen LogP contribution >= 0.6 is 24.0 Å². The zero-order valence-electron chi connectivity index (χ0n) is 13.3. The van der Waals surface area contributed by atoms with Gasteiger partial charge in [-0.15, -0.1) is 0 Å². The van der Waals surface area contributed by atoms with E-state index in [0.29, 0.717) is 21.5 Å². The standard InChI is InChI=1S/C16H16N2O4S3/c1-17-15(19)14(24-16(17)23)13-8-7-11-5-2-3-6-12(11)18(13)9-4-10-25(20,21)22/h2-3,5-8H,4,9-10H2,1H3,(H,20,21,22)/p-1/b14-13-. The molecule has 3 rings (SSSR count). The summed E-state index contributed by atoms with van der Waals surface area (Å²) in [7, 11) is -2.65. The Balaban J connectivity index is 1.99. The lowest BCUT2D eigenvalue weighted by Crippen LogP contribution is -2.30. The first-order chi connectivity index (χ1) is 11.8. The van der Waals surface area contributed by atoms with Gasteiger partial charge in [0.15, 0.2) is 0 Å². The van der Waals surface area contributed by atoms with Gasteiger partial charge in [-0.2, -0.15) is 0 Å². The average molecular weight is 396 g/mol. The molecule has 2 heterocycles. The maximum Gasteiger partial charge on any atom is 0.268 e. The summed E-state index contributed by atoms with van der Waals surface area (Å²) >= 11 is 6.41. The number of thioether (sulfide) groups is 1. The van der Waals surface area contributed by atoms with Gasteiger partial charge in [0.1, 0.15) is 9.23 Å². The summed E-state index contributed by atoms with van der Waals surface area (Å²) < 4.78 is 33.2. The van der Waals surface area contributed by atoms with Crippen LogP contribution in [0.5, 0.6) is 0 Å². The summed E-state index contributed by atoms with van der Waals surface area (Å²) in [4.78, 5) is 16.3. The van der Waals surface area contributed by atoms with E-state index in [9.17, 15) is 17.8 Å². The highest BCUT2D eigenvalue weighted by Crippen LogP contribution is 2.39. The van der Waals surface area contributed by atoms with E-state index in [1.54, 1.807) is 7.05 Å². The maximum absolute atomic E-state index is 12.5. The molecule has 6 nitrogen and oxygen atoms in total. The van der Waals surface area contributed by atoms with E-state index in [4.69, 9.17) is 12.2 Å². The van der Waals surface area contributed by atoms with Crippen LogP contribution in [0.25, 0.3) is 6.08 Å². The summed E-state index contributed by atoms with van der Waals surface area (Å²) in [5.74, 6) is -0.632. The van der Waals surface area contributed by atoms with Gasteiger partial charge in [0.05, 0.1) is 15.8 Å². The van der Waals surface area contributed by atoms with Crippen molar-refractivity contribution in [1.82, 2.24) is 4.90 Å². The van der Waals surface area contributed by atoms with Crippen molar-refractivity contribution in [3.63, 3.8) is 0 Å². The first-order valence-electron chi connectivity index (χ1n) is 7.50. The summed E-state index contributed by atoms with van der Waals surface area (Å²) in [5, 5.41) is 0. The summed E-state index contributed by atoms with van der Waals surface area (Å²) in [6, 6.07) is 7.61. The van der Waals surface area contributed by atoms with Crippen LogP contribution in [-0.4, -0.2) is 47.4 Å². The zero-order chi connectivity index (χ0) is 18.2. The maximum atomic E-state index is 12.5. The Kier molecular flexibility index (Phi) is 5.01. The van der Waals surface area contributed by atoms with Crippen molar-refractivity contribution in [2.24, 2.45) is 0 Å². The molecule has 0 saturated carbocycles. The van der Waals surface area contributed by atoms with Crippen LogP contribution in [0.3, 0.4) is 0 Å². The third-order valence-corrected chi connectivity index (χ3v) is 6.26. The van der Waals surface area contributed by atoms with Gasteiger partial charge >= 0.3 is 0 Å². The average Bonchev–Trinajstić information content (AvgIpc) is 2.81. The summed E-state index contributed by atoms with van der Waals surface area (Å²) in [5.41, 5.74) is 2.50. The number of thiocarbonyl (C=S) groups is 1. The van der Waals surface area contributed by atoms with Gasteiger partial charge in [0.2, 0.25) is 0 Å². The van der Waals surface area contributed by atoms with Crippen molar-refractivity contribution in [1.29, 1.82) is 0 Å². The number of hydrogen-bond acceptors (Lipinski definition) is 7. The Morgan fingerprint density at radius 1 is 1.24 bits per heavy atom. The van der Waals surface area contributed by atoms with Crippen LogP contribution in [0.1, 0.15) is 12.0 Å². The number of fused-ring (bicyclic) bond motifs is 1. The number of rotatable bonds is 4. The SMILES string of the molecule is CN1C(=O)/C(=C2\C=Cc3ccccc3N2CCCS(=O)(=O)[O-])SC1=S. The van der Waals surface area contributed by atoms with Gasteiger partial charge in [-0.3, -0.25) is 9.69 Å². The number of allylic oxidation sites excluding steroid dienone is 1. The van der Waals surface area contributed by atoms with Crippen LogP contribution in [0.15, 0.2) is 40.9 Å². The molecule has 0 bridgehead atoms. The molecule has 0 aromatic heterocycles. The Labute approximate surface area is 155 Å². The molecular weight excluding hydrogens is 380 g/mol. The molecule has 0 N–H and O–H groups in total. The first kappa shape index (κ1) is 18.1. The Bertz CT molecular complexity index is 906. The molecule has 132 valence electrons. The first-order valence-corrected chi connectivity index (χ1v) is 10.3. The van der Waals surface area contributed by atoms with Crippen molar-refractivity contribution in [3.8, 4) is 0 Å². The number of carbonyl (C=O) groups excluding carboxylic acids is 1. The Morgan fingerprint density at radius 2 is 1.96 bits per heavy atom. The summed E-state index contributed by atoms with van der Waals surface area (Å²) in [6.07, 6.45) is 3.91.